The van der Waals surface area contributed by atoms with Crippen LogP contribution < -0.4 is 10.6 Å². The molecule has 3 rings (SSSR count). The van der Waals surface area contributed by atoms with Crippen LogP contribution in [-0.2, 0) is 4.79 Å². The minimum atomic E-state index is -0.245. The molecule has 0 aliphatic carbocycles. The first-order valence-electron chi connectivity index (χ1n) is 9.32. The lowest BCUT2D eigenvalue weighted by atomic mass is 10.1. The third-order valence-electron chi connectivity index (χ3n) is 4.42. The van der Waals surface area contributed by atoms with Gasteiger partial charge in [-0.2, -0.15) is 5.10 Å². The predicted molar refractivity (Wildman–Crippen MR) is 111 cm³/mol. The second kappa shape index (κ2) is 8.52. The summed E-state index contributed by atoms with van der Waals surface area (Å²) in [5.74, 6) is -0.304. The van der Waals surface area contributed by atoms with Gasteiger partial charge in [0.25, 0.3) is 5.91 Å². The normalized spacial score (nSPS) is 10.5. The summed E-state index contributed by atoms with van der Waals surface area (Å²) in [7, 11) is 0. The van der Waals surface area contributed by atoms with Gasteiger partial charge in [0, 0.05) is 17.7 Å². The largest absolute Gasteiger partial charge is 0.326 e. The fraction of sp³-hybridized carbons (Fsp3) is 0.227. The van der Waals surface area contributed by atoms with Crippen molar-refractivity contribution in [2.45, 2.75) is 33.6 Å². The maximum Gasteiger partial charge on any atom is 0.255 e. The molecule has 2 amide bonds. The molecule has 2 N–H and O–H groups in total. The van der Waals surface area contributed by atoms with Crippen LogP contribution in [0.25, 0.3) is 5.69 Å². The van der Waals surface area contributed by atoms with E-state index in [9.17, 15) is 9.59 Å². The molecular weight excluding hydrogens is 352 g/mol. The van der Waals surface area contributed by atoms with E-state index in [0.717, 1.165) is 23.5 Å². The molecule has 0 saturated carbocycles. The number of nitrogens with one attached hydrogen (secondary N) is 2. The molecule has 6 nitrogen and oxygen atoms in total. The number of carbonyl (C=O) groups is 2. The molecule has 144 valence electrons. The van der Waals surface area contributed by atoms with Crippen LogP contribution >= 0.6 is 0 Å². The molecule has 28 heavy (non-hydrogen) atoms. The highest BCUT2D eigenvalue weighted by atomic mass is 16.2. The highest BCUT2D eigenvalue weighted by molar-refractivity contribution is 6.06. The molecule has 0 saturated heterocycles. The molecule has 0 bridgehead atoms. The Balaban J connectivity index is 1.80. The Kier molecular flexibility index (Phi) is 5.89. The van der Waals surface area contributed by atoms with Crippen LogP contribution in [-0.4, -0.2) is 21.6 Å². The van der Waals surface area contributed by atoms with Crippen LogP contribution in [0, 0.1) is 13.8 Å². The quantitative estimate of drug-likeness (QED) is 0.666. The summed E-state index contributed by atoms with van der Waals surface area (Å²) < 4.78 is 1.81. The fourth-order valence-corrected chi connectivity index (χ4v) is 3.02. The van der Waals surface area contributed by atoms with Crippen molar-refractivity contribution in [3.8, 4) is 5.69 Å². The van der Waals surface area contributed by atoms with Gasteiger partial charge in [-0.05, 0) is 50.6 Å². The molecule has 2 aromatic carbocycles. The van der Waals surface area contributed by atoms with E-state index in [1.54, 1.807) is 24.3 Å². The molecule has 0 fully saturated rings. The zero-order chi connectivity index (χ0) is 20.1. The van der Waals surface area contributed by atoms with Crippen molar-refractivity contribution < 1.29 is 9.59 Å². The van der Waals surface area contributed by atoms with Gasteiger partial charge in [0.1, 0.15) is 0 Å². The van der Waals surface area contributed by atoms with Gasteiger partial charge in [0.15, 0.2) is 0 Å². The first kappa shape index (κ1) is 19.4. The zero-order valence-corrected chi connectivity index (χ0v) is 16.3. The van der Waals surface area contributed by atoms with Crippen LogP contribution in [0.15, 0.2) is 54.6 Å². The molecule has 0 aliphatic rings. The third-order valence-corrected chi connectivity index (χ3v) is 4.42. The van der Waals surface area contributed by atoms with Gasteiger partial charge in [0.2, 0.25) is 5.91 Å². The Bertz CT molecular complexity index is 993. The topological polar surface area (TPSA) is 76.0 Å². The van der Waals surface area contributed by atoms with Crippen LogP contribution in [0.3, 0.4) is 0 Å². The van der Waals surface area contributed by atoms with Crippen molar-refractivity contribution in [1.29, 1.82) is 0 Å². The number of aryl methyl sites for hydroxylation is 1. The van der Waals surface area contributed by atoms with Gasteiger partial charge in [-0.25, -0.2) is 4.68 Å². The SMILES string of the molecule is CCCC(=O)Nc1cccc(C(=O)Nc2c(C)nn(-c3ccccc3)c2C)c1. The minimum Gasteiger partial charge on any atom is -0.326 e. The zero-order valence-electron chi connectivity index (χ0n) is 16.3. The van der Waals surface area contributed by atoms with E-state index in [0.29, 0.717) is 23.4 Å². The number of nitrogens with zero attached hydrogens (tertiary/aromatic N) is 2. The highest BCUT2D eigenvalue weighted by Gasteiger charge is 2.16. The van der Waals surface area contributed by atoms with E-state index < -0.39 is 0 Å². The number of para-hydroxylation sites is 1. The Labute approximate surface area is 164 Å². The lowest BCUT2D eigenvalue weighted by Gasteiger charge is -2.09. The Morgan fingerprint density at radius 2 is 1.75 bits per heavy atom. The number of aromatic nitrogens is 2. The number of amides is 2. The molecule has 1 heterocycles. The summed E-state index contributed by atoms with van der Waals surface area (Å²) in [4.78, 5) is 24.6. The Hall–Kier alpha value is -3.41. The standard InChI is InChI=1S/C22H24N4O2/c1-4-9-20(27)23-18-11-8-10-17(14-18)22(28)24-21-15(2)25-26(16(21)3)19-12-6-5-7-13-19/h5-8,10-14H,4,9H2,1-3H3,(H,23,27)(H,24,28). The summed E-state index contributed by atoms with van der Waals surface area (Å²) in [5, 5.41) is 10.3. The molecule has 0 atom stereocenters. The Morgan fingerprint density at radius 1 is 1.00 bits per heavy atom. The molecule has 0 radical (unpaired) electrons. The van der Waals surface area contributed by atoms with E-state index in [-0.39, 0.29) is 11.8 Å². The van der Waals surface area contributed by atoms with Gasteiger partial charge >= 0.3 is 0 Å². The van der Waals surface area contributed by atoms with E-state index in [2.05, 4.69) is 15.7 Å². The van der Waals surface area contributed by atoms with Crippen molar-refractivity contribution in [3.05, 3.63) is 71.5 Å². The van der Waals surface area contributed by atoms with E-state index in [1.807, 2.05) is 55.8 Å². The van der Waals surface area contributed by atoms with Crippen molar-refractivity contribution in [2.24, 2.45) is 0 Å². The number of hydrogen-bond donors (Lipinski definition) is 2. The maximum absolute atomic E-state index is 12.8. The second-order valence-electron chi connectivity index (χ2n) is 6.63. The van der Waals surface area contributed by atoms with Gasteiger partial charge in [0.05, 0.1) is 22.8 Å². The molecule has 6 heteroatoms. The third kappa shape index (κ3) is 4.28. The number of benzene rings is 2. The summed E-state index contributed by atoms with van der Waals surface area (Å²) in [6.45, 7) is 5.73. The number of rotatable bonds is 6. The Morgan fingerprint density at radius 3 is 2.46 bits per heavy atom. The van der Waals surface area contributed by atoms with Crippen molar-refractivity contribution in [2.75, 3.05) is 10.6 Å². The van der Waals surface area contributed by atoms with Crippen LogP contribution in [0.5, 0.6) is 0 Å². The van der Waals surface area contributed by atoms with Gasteiger partial charge in [-0.15, -0.1) is 0 Å². The van der Waals surface area contributed by atoms with Crippen LogP contribution in [0.4, 0.5) is 11.4 Å². The molecule has 1 aromatic heterocycles. The molecule has 0 spiro atoms. The smallest absolute Gasteiger partial charge is 0.255 e. The van der Waals surface area contributed by atoms with Gasteiger partial charge in [-0.1, -0.05) is 31.2 Å². The molecule has 0 unspecified atom stereocenters. The van der Waals surface area contributed by atoms with Crippen molar-refractivity contribution in [1.82, 2.24) is 9.78 Å². The average molecular weight is 376 g/mol. The van der Waals surface area contributed by atoms with Crippen LogP contribution in [0.1, 0.15) is 41.5 Å². The van der Waals surface area contributed by atoms with E-state index >= 15 is 0 Å². The molecule has 3 aromatic rings. The lowest BCUT2D eigenvalue weighted by Crippen LogP contribution is -2.15. The van der Waals surface area contributed by atoms with E-state index in [1.165, 1.54) is 0 Å². The van der Waals surface area contributed by atoms with Crippen LogP contribution in [0.2, 0.25) is 0 Å². The van der Waals surface area contributed by atoms with Gasteiger partial charge in [-0.3, -0.25) is 9.59 Å². The summed E-state index contributed by atoms with van der Waals surface area (Å²) in [6.07, 6.45) is 1.23. The average Bonchev–Trinajstić information content (AvgIpc) is 2.97. The van der Waals surface area contributed by atoms with Crippen molar-refractivity contribution >= 4 is 23.2 Å². The fourth-order valence-electron chi connectivity index (χ4n) is 3.02. The predicted octanol–water partition coefficient (Wildman–Crippen LogP) is 4.48. The van der Waals surface area contributed by atoms with E-state index in [4.69, 9.17) is 0 Å². The number of anilines is 2. The lowest BCUT2D eigenvalue weighted by molar-refractivity contribution is -0.116. The number of hydrogen-bond acceptors (Lipinski definition) is 3. The molecular formula is C22H24N4O2. The minimum absolute atomic E-state index is 0.0594. The van der Waals surface area contributed by atoms with Gasteiger partial charge < -0.3 is 10.6 Å². The van der Waals surface area contributed by atoms with Crippen molar-refractivity contribution in [3.63, 3.8) is 0 Å². The first-order valence-corrected chi connectivity index (χ1v) is 9.32. The first-order chi connectivity index (χ1) is 13.5. The second-order valence-corrected chi connectivity index (χ2v) is 6.63. The summed E-state index contributed by atoms with van der Waals surface area (Å²) in [6, 6.07) is 16.7. The highest BCUT2D eigenvalue weighted by Crippen LogP contribution is 2.23. The number of carbonyl (C=O) groups excluding carboxylic acids is 2. The monoisotopic (exact) mass is 376 g/mol. The summed E-state index contributed by atoms with van der Waals surface area (Å²) in [5.41, 5.74) is 4.30. The molecule has 0 aliphatic heterocycles. The maximum atomic E-state index is 12.8. The summed E-state index contributed by atoms with van der Waals surface area (Å²) >= 11 is 0.